The summed E-state index contributed by atoms with van der Waals surface area (Å²) in [4.78, 5) is 14.2. The molecule has 0 bridgehead atoms. The third-order valence-corrected chi connectivity index (χ3v) is 9.90. The van der Waals surface area contributed by atoms with Gasteiger partial charge < -0.3 is 9.88 Å². The van der Waals surface area contributed by atoms with Crippen LogP contribution in [-0.4, -0.2) is 32.5 Å². The molecule has 2 N–H and O–H groups in total. The summed E-state index contributed by atoms with van der Waals surface area (Å²) in [5.41, 5.74) is -0.687. The van der Waals surface area contributed by atoms with Gasteiger partial charge in [0.2, 0.25) is 5.91 Å². The summed E-state index contributed by atoms with van der Waals surface area (Å²) < 4.78 is 59.3. The van der Waals surface area contributed by atoms with Crippen molar-refractivity contribution in [1.29, 1.82) is 5.41 Å². The third-order valence-electron chi connectivity index (χ3n) is 9.19. The van der Waals surface area contributed by atoms with Crippen LogP contribution in [0, 0.1) is 35.0 Å². The zero-order chi connectivity index (χ0) is 27.9. The quantitative estimate of drug-likeness (QED) is 0.375. The zero-order valence-electron chi connectivity index (χ0n) is 22.6. The van der Waals surface area contributed by atoms with E-state index in [-0.39, 0.29) is 35.3 Å². The normalized spacial score (nSPS) is 30.7. The number of nitrogens with zero attached hydrogens (tertiary/aromatic N) is 3. The number of amides is 1. The summed E-state index contributed by atoms with van der Waals surface area (Å²) in [6.45, 7) is 4.53. The summed E-state index contributed by atoms with van der Waals surface area (Å²) in [5.74, 6) is -0.390. The van der Waals surface area contributed by atoms with Gasteiger partial charge in [0, 0.05) is 48.4 Å². The Hall–Kier alpha value is -2.17. The number of nitrogens with one attached hydrogen (secondary N) is 2. The largest absolute Gasteiger partial charge is 0.435 e. The van der Waals surface area contributed by atoms with Gasteiger partial charge in [-0.2, -0.15) is 18.3 Å². The van der Waals surface area contributed by atoms with E-state index in [2.05, 4.69) is 10.4 Å². The van der Waals surface area contributed by atoms with Crippen LogP contribution in [0.2, 0.25) is 0 Å². The van der Waals surface area contributed by atoms with Crippen LogP contribution in [0.1, 0.15) is 82.4 Å². The first-order valence-electron chi connectivity index (χ1n) is 14.3. The highest BCUT2D eigenvalue weighted by Crippen LogP contribution is 2.46. The Morgan fingerprint density at radius 1 is 1.18 bits per heavy atom. The molecular weight excluding hydrogens is 530 g/mol. The van der Waals surface area contributed by atoms with Crippen molar-refractivity contribution in [2.45, 2.75) is 103 Å². The molecule has 5 rings (SSSR count). The number of thiazole rings is 1. The lowest BCUT2D eigenvalue weighted by atomic mass is 9.71. The lowest BCUT2D eigenvalue weighted by molar-refractivity contribution is -0.142. The van der Waals surface area contributed by atoms with Gasteiger partial charge in [0.15, 0.2) is 10.5 Å². The van der Waals surface area contributed by atoms with E-state index in [0.29, 0.717) is 49.5 Å². The number of alkyl halides is 4. The highest BCUT2D eigenvalue weighted by molar-refractivity contribution is 7.06. The van der Waals surface area contributed by atoms with Gasteiger partial charge in [0.05, 0.1) is 0 Å². The highest BCUT2D eigenvalue weighted by Gasteiger charge is 2.45. The summed E-state index contributed by atoms with van der Waals surface area (Å²) >= 11 is 1.31. The van der Waals surface area contributed by atoms with Crippen LogP contribution >= 0.6 is 11.3 Å². The van der Waals surface area contributed by atoms with Crippen molar-refractivity contribution in [1.82, 2.24) is 19.7 Å². The van der Waals surface area contributed by atoms with E-state index in [1.807, 2.05) is 23.1 Å². The molecule has 216 valence electrons. The minimum absolute atomic E-state index is 0.00551. The van der Waals surface area contributed by atoms with Gasteiger partial charge >= 0.3 is 6.18 Å². The molecule has 0 aliphatic heterocycles. The molecule has 3 aliphatic carbocycles. The van der Waals surface area contributed by atoms with E-state index in [9.17, 15) is 22.4 Å². The maximum atomic E-state index is 14.2. The monoisotopic (exact) mass is 569 g/mol. The number of aromatic nitrogens is 3. The van der Waals surface area contributed by atoms with Gasteiger partial charge in [-0.15, -0.1) is 11.3 Å². The van der Waals surface area contributed by atoms with Crippen molar-refractivity contribution in [2.75, 3.05) is 0 Å². The Morgan fingerprint density at radius 3 is 2.54 bits per heavy atom. The number of rotatable bonds is 8. The first-order valence-corrected chi connectivity index (χ1v) is 15.2. The van der Waals surface area contributed by atoms with E-state index >= 15 is 0 Å². The average molecular weight is 570 g/mol. The molecule has 7 atom stereocenters. The Morgan fingerprint density at radius 2 is 1.92 bits per heavy atom. The molecule has 0 saturated heterocycles. The molecule has 6 unspecified atom stereocenters. The van der Waals surface area contributed by atoms with Crippen LogP contribution < -0.4 is 10.1 Å². The number of carbonyl (C=O) groups is 1. The second-order valence-electron chi connectivity index (χ2n) is 12.1. The molecule has 3 aliphatic rings. The van der Waals surface area contributed by atoms with Crippen molar-refractivity contribution in [3.05, 3.63) is 33.8 Å². The summed E-state index contributed by atoms with van der Waals surface area (Å²) in [6.07, 6.45) is 3.53. The predicted molar refractivity (Wildman–Crippen MR) is 141 cm³/mol. The molecule has 0 spiro atoms. The van der Waals surface area contributed by atoms with Crippen LogP contribution in [0.5, 0.6) is 0 Å². The smallest absolute Gasteiger partial charge is 0.353 e. The first kappa shape index (κ1) is 28.4. The first-order chi connectivity index (χ1) is 18.5. The minimum atomic E-state index is -4.57. The highest BCUT2D eigenvalue weighted by atomic mass is 32.1. The summed E-state index contributed by atoms with van der Waals surface area (Å²) in [5, 5.41) is 17.2. The van der Waals surface area contributed by atoms with Gasteiger partial charge in [0.25, 0.3) is 0 Å². The predicted octanol–water partition coefficient (Wildman–Crippen LogP) is 6.13. The fourth-order valence-corrected chi connectivity index (χ4v) is 7.59. The molecule has 2 heterocycles. The molecule has 0 aromatic carbocycles. The molecule has 11 heteroatoms. The Kier molecular flexibility index (Phi) is 8.27. The Bertz CT molecular complexity index is 1200. The van der Waals surface area contributed by atoms with Crippen molar-refractivity contribution in [2.24, 2.45) is 29.6 Å². The number of aryl methyl sites for hydroxylation is 1. The Labute approximate surface area is 230 Å². The van der Waals surface area contributed by atoms with Gasteiger partial charge in [0.1, 0.15) is 6.17 Å². The molecule has 39 heavy (non-hydrogen) atoms. The molecule has 1 amide bonds. The second kappa shape index (κ2) is 11.4. The molecule has 3 saturated carbocycles. The second-order valence-corrected chi connectivity index (χ2v) is 12.9. The molecule has 0 radical (unpaired) electrons. The van der Waals surface area contributed by atoms with Gasteiger partial charge in [-0.25, -0.2) is 4.39 Å². The van der Waals surface area contributed by atoms with Gasteiger partial charge in [-0.3, -0.25) is 14.9 Å². The van der Waals surface area contributed by atoms with Crippen molar-refractivity contribution in [3.8, 4) is 0 Å². The summed E-state index contributed by atoms with van der Waals surface area (Å²) in [7, 11) is 0. The van der Waals surface area contributed by atoms with Crippen LogP contribution in [0.4, 0.5) is 17.6 Å². The number of hydrogen-bond acceptors (Lipinski definition) is 4. The van der Waals surface area contributed by atoms with E-state index in [1.165, 1.54) is 22.2 Å². The van der Waals surface area contributed by atoms with E-state index in [4.69, 9.17) is 5.41 Å². The van der Waals surface area contributed by atoms with Crippen molar-refractivity contribution in [3.63, 3.8) is 0 Å². The van der Waals surface area contributed by atoms with Crippen LogP contribution in [0.25, 0.3) is 0 Å². The van der Waals surface area contributed by atoms with Crippen molar-refractivity contribution >= 4 is 17.2 Å². The molecule has 2 aromatic rings. The van der Waals surface area contributed by atoms with E-state index in [0.717, 1.165) is 25.7 Å². The third kappa shape index (κ3) is 6.43. The molecule has 6 nitrogen and oxygen atoms in total. The lowest BCUT2D eigenvalue weighted by Gasteiger charge is -2.38. The number of halogens is 4. The maximum absolute atomic E-state index is 14.2. The molecule has 3 fully saturated rings. The summed E-state index contributed by atoms with van der Waals surface area (Å²) in [6, 6.07) is 0.00551. The topological polar surface area (TPSA) is 75.7 Å². The van der Waals surface area contributed by atoms with Crippen LogP contribution in [0.15, 0.2) is 17.8 Å². The van der Waals surface area contributed by atoms with E-state index < -0.39 is 29.9 Å². The minimum Gasteiger partial charge on any atom is -0.353 e. The lowest BCUT2D eigenvalue weighted by Crippen LogP contribution is -2.48. The van der Waals surface area contributed by atoms with Crippen LogP contribution in [-0.2, 0) is 24.1 Å². The SMILES string of the molecule is CCn1cc(C2CC(Cn3ccsc3=N)CC(C(=O)N[C@@H](C3CC3)C3CCC(F)C(C)C3)C2)c(C(F)(F)F)n1. The average Bonchev–Trinajstić information content (AvgIpc) is 3.50. The fraction of sp³-hybridized carbons (Fsp3) is 0.750. The van der Waals surface area contributed by atoms with Crippen molar-refractivity contribution < 1.29 is 22.4 Å². The van der Waals surface area contributed by atoms with E-state index in [1.54, 1.807) is 6.92 Å². The van der Waals surface area contributed by atoms with Gasteiger partial charge in [-0.1, -0.05) is 6.92 Å². The zero-order valence-corrected chi connectivity index (χ0v) is 23.4. The number of hydrogen-bond donors (Lipinski definition) is 2. The van der Waals surface area contributed by atoms with Gasteiger partial charge in [-0.05, 0) is 87.9 Å². The molecular formula is C28H39F4N5OS. The van der Waals surface area contributed by atoms with Crippen LogP contribution in [0.3, 0.4) is 0 Å². The standard InChI is InChI=1S/C28H39F4N5OS/c1-3-37-15-22(25(35-37)28(30,31)32)20-11-17(14-36-8-9-39-27(36)33)12-21(13-20)26(38)34-24(18-4-5-18)19-6-7-23(29)16(2)10-19/h8-9,15-21,23-24,33H,3-7,10-14H2,1-2H3,(H,34,38)/t16?,17?,19?,20?,21?,23?,24-/m0/s1. The number of carbonyl (C=O) groups excluding carboxylic acids is 1. The maximum Gasteiger partial charge on any atom is 0.435 e. The Balaban J connectivity index is 1.38. The fourth-order valence-electron chi connectivity index (χ4n) is 6.98. The molecule has 2 aromatic heterocycles.